The smallest absolute Gasteiger partial charge is 0.306 e. The van der Waals surface area contributed by atoms with Gasteiger partial charge >= 0.3 is 5.97 Å². The number of anilines is 1. The van der Waals surface area contributed by atoms with Crippen LogP contribution in [0.4, 0.5) is 5.69 Å². The predicted octanol–water partition coefficient (Wildman–Crippen LogP) is 3.30. The van der Waals surface area contributed by atoms with Crippen LogP contribution in [0.15, 0.2) is 35.3 Å². The summed E-state index contributed by atoms with van der Waals surface area (Å²) in [5.74, 6) is -0.157. The van der Waals surface area contributed by atoms with Crippen molar-refractivity contribution < 1.29 is 14.3 Å². The van der Waals surface area contributed by atoms with Crippen molar-refractivity contribution in [1.29, 1.82) is 0 Å². The van der Waals surface area contributed by atoms with Gasteiger partial charge < -0.3 is 14.2 Å². The maximum Gasteiger partial charge on any atom is 0.306 e. The summed E-state index contributed by atoms with van der Waals surface area (Å²) in [6, 6.07) is 7.22. The van der Waals surface area contributed by atoms with Crippen molar-refractivity contribution in [3.63, 3.8) is 0 Å². The van der Waals surface area contributed by atoms with Gasteiger partial charge in [0, 0.05) is 32.3 Å². The van der Waals surface area contributed by atoms with Gasteiger partial charge in [0.25, 0.3) is 5.56 Å². The number of hydrogen-bond acceptors (Lipinski definition) is 7. The molecule has 0 unspecified atom stereocenters. The minimum absolute atomic E-state index is 0.0286. The molecule has 10 heteroatoms. The molecular formula is C28H36N6O4. The number of carbonyl (C=O) groups excluding carboxylic acids is 2. The lowest BCUT2D eigenvalue weighted by molar-refractivity contribution is -0.144. The van der Waals surface area contributed by atoms with Crippen molar-refractivity contribution in [2.75, 3.05) is 18.1 Å². The van der Waals surface area contributed by atoms with Gasteiger partial charge in [0.05, 0.1) is 42.3 Å². The molecule has 0 aromatic carbocycles. The summed E-state index contributed by atoms with van der Waals surface area (Å²) in [7, 11) is 1.80. The van der Waals surface area contributed by atoms with Crippen LogP contribution in [0, 0.1) is 5.92 Å². The van der Waals surface area contributed by atoms with Crippen LogP contribution < -0.4 is 10.5 Å². The van der Waals surface area contributed by atoms with E-state index in [4.69, 9.17) is 9.72 Å². The Kier molecular flexibility index (Phi) is 8.70. The first-order chi connectivity index (χ1) is 18.3. The van der Waals surface area contributed by atoms with E-state index in [0.29, 0.717) is 56.8 Å². The predicted molar refractivity (Wildman–Crippen MR) is 144 cm³/mol. The summed E-state index contributed by atoms with van der Waals surface area (Å²) in [4.78, 5) is 44.1. The van der Waals surface area contributed by atoms with Gasteiger partial charge in [0.1, 0.15) is 5.69 Å². The number of aryl methyl sites for hydroxylation is 3. The lowest BCUT2D eigenvalue weighted by Crippen LogP contribution is -2.41. The van der Waals surface area contributed by atoms with E-state index in [1.165, 1.54) is 0 Å². The zero-order chi connectivity index (χ0) is 27.2. The number of carbonyl (C=O) groups is 2. The largest absolute Gasteiger partial charge is 0.466 e. The third kappa shape index (κ3) is 6.00. The molecule has 0 radical (unpaired) electrons. The van der Waals surface area contributed by atoms with E-state index < -0.39 is 0 Å². The first-order valence-corrected chi connectivity index (χ1v) is 13.4. The second-order valence-electron chi connectivity index (χ2n) is 9.70. The van der Waals surface area contributed by atoms with Crippen LogP contribution in [-0.2, 0) is 40.8 Å². The maximum absolute atomic E-state index is 12.9. The number of rotatable bonds is 10. The van der Waals surface area contributed by atoms with Crippen LogP contribution >= 0.6 is 0 Å². The Bertz CT molecular complexity index is 1360. The van der Waals surface area contributed by atoms with E-state index in [9.17, 15) is 14.4 Å². The molecule has 1 amide bonds. The summed E-state index contributed by atoms with van der Waals surface area (Å²) < 4.78 is 8.46. The van der Waals surface area contributed by atoms with Gasteiger partial charge in [-0.25, -0.2) is 9.67 Å². The minimum atomic E-state index is -0.231. The summed E-state index contributed by atoms with van der Waals surface area (Å²) in [5, 5.41) is 8.58. The minimum Gasteiger partial charge on any atom is -0.466 e. The van der Waals surface area contributed by atoms with Crippen molar-refractivity contribution in [3.05, 3.63) is 57.8 Å². The molecule has 0 N–H and O–H groups in total. The molecule has 0 bridgehead atoms. The molecule has 0 aliphatic carbocycles. The Labute approximate surface area is 222 Å². The van der Waals surface area contributed by atoms with Crippen LogP contribution in [-0.4, -0.2) is 49.6 Å². The summed E-state index contributed by atoms with van der Waals surface area (Å²) in [5.41, 5.74) is 4.55. The Morgan fingerprint density at radius 2 is 1.95 bits per heavy atom. The maximum atomic E-state index is 12.9. The third-order valence-electron chi connectivity index (χ3n) is 6.93. The van der Waals surface area contributed by atoms with Gasteiger partial charge in [-0.1, -0.05) is 31.5 Å². The Balaban J connectivity index is 1.62. The summed E-state index contributed by atoms with van der Waals surface area (Å²) in [6.07, 6.45) is 5.75. The van der Waals surface area contributed by atoms with Gasteiger partial charge in [-0.05, 0) is 49.8 Å². The van der Waals surface area contributed by atoms with Crippen LogP contribution in [0.2, 0.25) is 0 Å². The van der Waals surface area contributed by atoms with E-state index in [1.807, 2.05) is 31.3 Å². The number of aromatic nitrogens is 5. The summed E-state index contributed by atoms with van der Waals surface area (Å²) >= 11 is 0. The highest BCUT2D eigenvalue weighted by molar-refractivity contribution is 5.95. The average Bonchev–Trinajstić information content (AvgIpc) is 3.27. The SMILES string of the molecule is CCCc1ccc(=O)n(Cc2c(-c3ccc(N4C[C@H](CC(=O)OCC)CCC4=O)c(CC)n3)nnn2C)c1. The van der Waals surface area contributed by atoms with Gasteiger partial charge in [0.2, 0.25) is 5.91 Å². The van der Waals surface area contributed by atoms with Crippen LogP contribution in [0.1, 0.15) is 63.4 Å². The molecule has 4 heterocycles. The molecule has 38 heavy (non-hydrogen) atoms. The van der Waals surface area contributed by atoms with Crippen LogP contribution in [0.5, 0.6) is 0 Å². The second kappa shape index (κ2) is 12.1. The number of amides is 1. The van der Waals surface area contributed by atoms with Gasteiger partial charge in [-0.3, -0.25) is 14.4 Å². The molecule has 1 atom stereocenters. The second-order valence-corrected chi connectivity index (χ2v) is 9.70. The van der Waals surface area contributed by atoms with E-state index in [2.05, 4.69) is 17.2 Å². The van der Waals surface area contributed by atoms with Gasteiger partial charge in [0.15, 0.2) is 0 Å². The number of ether oxygens (including phenoxy) is 1. The molecule has 1 saturated heterocycles. The first kappa shape index (κ1) is 27.2. The number of esters is 1. The van der Waals surface area contributed by atoms with E-state index in [-0.39, 0.29) is 23.4 Å². The summed E-state index contributed by atoms with van der Waals surface area (Å²) in [6.45, 7) is 7.02. The van der Waals surface area contributed by atoms with Crippen molar-refractivity contribution in [1.82, 2.24) is 24.5 Å². The third-order valence-corrected chi connectivity index (χ3v) is 6.93. The van der Waals surface area contributed by atoms with Gasteiger partial charge in [-0.15, -0.1) is 5.10 Å². The van der Waals surface area contributed by atoms with E-state index in [0.717, 1.165) is 35.5 Å². The van der Waals surface area contributed by atoms with Crippen molar-refractivity contribution in [3.8, 4) is 11.4 Å². The highest BCUT2D eigenvalue weighted by Gasteiger charge is 2.30. The number of pyridine rings is 2. The molecule has 202 valence electrons. The quantitative estimate of drug-likeness (QED) is 0.377. The molecule has 1 aliphatic heterocycles. The van der Waals surface area contributed by atoms with E-state index in [1.54, 1.807) is 34.2 Å². The number of piperidine rings is 1. The normalized spacial score (nSPS) is 15.6. The van der Waals surface area contributed by atoms with Gasteiger partial charge in [-0.2, -0.15) is 0 Å². The monoisotopic (exact) mass is 520 g/mol. The van der Waals surface area contributed by atoms with E-state index >= 15 is 0 Å². The molecule has 10 nitrogen and oxygen atoms in total. The fourth-order valence-corrected chi connectivity index (χ4v) is 4.96. The Morgan fingerprint density at radius 3 is 2.68 bits per heavy atom. The number of nitrogens with zero attached hydrogens (tertiary/aromatic N) is 6. The molecule has 3 aromatic heterocycles. The number of hydrogen-bond donors (Lipinski definition) is 0. The molecule has 1 fully saturated rings. The molecule has 0 spiro atoms. The zero-order valence-electron chi connectivity index (χ0n) is 22.6. The fourth-order valence-electron chi connectivity index (χ4n) is 4.96. The average molecular weight is 521 g/mol. The van der Waals surface area contributed by atoms with Crippen molar-refractivity contribution >= 4 is 17.6 Å². The lowest BCUT2D eigenvalue weighted by Gasteiger charge is -2.33. The molecule has 3 aromatic rings. The Morgan fingerprint density at radius 1 is 1.13 bits per heavy atom. The van der Waals surface area contributed by atoms with Crippen LogP contribution in [0.25, 0.3) is 11.4 Å². The highest BCUT2D eigenvalue weighted by Crippen LogP contribution is 2.31. The lowest BCUT2D eigenvalue weighted by atomic mass is 9.93. The molecule has 0 saturated carbocycles. The zero-order valence-corrected chi connectivity index (χ0v) is 22.6. The van der Waals surface area contributed by atoms with Crippen molar-refractivity contribution in [2.45, 2.75) is 65.8 Å². The fraction of sp³-hybridized carbons (Fsp3) is 0.500. The topological polar surface area (TPSA) is 112 Å². The molecular weight excluding hydrogens is 484 g/mol. The van der Waals surface area contributed by atoms with Crippen molar-refractivity contribution in [2.24, 2.45) is 13.0 Å². The standard InChI is InChI=1S/C28H36N6O4/c1-5-8-19-9-13-25(35)33(16-19)18-24-28(30-31-32(24)4)22-11-12-23(21(6-2)29-22)34-17-20(10-14-26(34)36)15-27(37)38-7-3/h9,11-13,16,20H,5-8,10,14-15,17-18H2,1-4H3/t20-/m0/s1. The first-order valence-electron chi connectivity index (χ1n) is 13.4. The Hall–Kier alpha value is -3.82. The molecule has 4 rings (SSSR count). The molecule has 1 aliphatic rings. The highest BCUT2D eigenvalue weighted by atomic mass is 16.5. The van der Waals surface area contributed by atoms with Crippen LogP contribution in [0.3, 0.4) is 0 Å².